The predicted octanol–water partition coefficient (Wildman–Crippen LogP) is 3.74. The fraction of sp³-hybridized carbons (Fsp3) is 0.385. The lowest BCUT2D eigenvalue weighted by Gasteiger charge is -2.18. The summed E-state index contributed by atoms with van der Waals surface area (Å²) in [5.74, 6) is 1.33. The molecule has 17 heavy (non-hydrogen) atoms. The minimum atomic E-state index is 0.342. The highest BCUT2D eigenvalue weighted by molar-refractivity contribution is 6.34. The smallest absolute Gasteiger partial charge is 0.159 e. The molecule has 4 heteroatoms. The number of hydrogen-bond donors (Lipinski definition) is 1. The van der Waals surface area contributed by atoms with Crippen molar-refractivity contribution in [2.45, 2.75) is 26.8 Å². The van der Waals surface area contributed by atoms with Crippen LogP contribution >= 0.6 is 11.6 Å². The number of benzene rings is 1. The van der Waals surface area contributed by atoms with E-state index in [1.54, 1.807) is 0 Å². The van der Waals surface area contributed by atoms with Gasteiger partial charge < -0.3 is 5.32 Å². The summed E-state index contributed by atoms with van der Waals surface area (Å²) in [5.41, 5.74) is 0. The van der Waals surface area contributed by atoms with Crippen molar-refractivity contribution in [1.29, 1.82) is 0 Å². The normalized spacial score (nSPS) is 13.0. The Bertz CT molecular complexity index is 525. The van der Waals surface area contributed by atoms with Gasteiger partial charge in [-0.05, 0) is 12.8 Å². The molecule has 0 aliphatic carbocycles. The van der Waals surface area contributed by atoms with Crippen LogP contribution in [-0.4, -0.2) is 16.2 Å². The fourth-order valence-electron chi connectivity index (χ4n) is 1.56. The molecule has 1 N–H and O–H groups in total. The van der Waals surface area contributed by atoms with Gasteiger partial charge in [0.25, 0.3) is 0 Å². The van der Waals surface area contributed by atoms with Crippen molar-refractivity contribution in [3.63, 3.8) is 0 Å². The average molecular weight is 250 g/mol. The Morgan fingerprint density at radius 2 is 1.71 bits per heavy atom. The van der Waals surface area contributed by atoms with Crippen molar-refractivity contribution in [2.24, 2.45) is 5.92 Å². The first-order valence-electron chi connectivity index (χ1n) is 5.77. The molecule has 0 spiro atoms. The van der Waals surface area contributed by atoms with Gasteiger partial charge in [0.05, 0.1) is 0 Å². The van der Waals surface area contributed by atoms with Crippen LogP contribution in [-0.2, 0) is 0 Å². The minimum Gasteiger partial charge on any atom is -0.365 e. The molecule has 1 atom stereocenters. The van der Waals surface area contributed by atoms with Crippen molar-refractivity contribution in [3.8, 4) is 0 Å². The third kappa shape index (κ3) is 2.50. The Kier molecular flexibility index (Phi) is 3.48. The number of hydrogen-bond acceptors (Lipinski definition) is 3. The molecule has 0 amide bonds. The summed E-state index contributed by atoms with van der Waals surface area (Å²) < 4.78 is 0. The molecule has 0 radical (unpaired) electrons. The molecule has 3 nitrogen and oxygen atoms in total. The van der Waals surface area contributed by atoms with Gasteiger partial charge in [0.1, 0.15) is 0 Å². The van der Waals surface area contributed by atoms with Gasteiger partial charge in [0, 0.05) is 16.8 Å². The second kappa shape index (κ2) is 4.88. The first kappa shape index (κ1) is 12.1. The van der Waals surface area contributed by atoms with Gasteiger partial charge >= 0.3 is 0 Å². The second-order valence-electron chi connectivity index (χ2n) is 4.56. The molecule has 2 aromatic rings. The molecule has 1 aromatic heterocycles. The van der Waals surface area contributed by atoms with Gasteiger partial charge in [-0.25, -0.2) is 0 Å². The molecule has 1 unspecified atom stereocenters. The van der Waals surface area contributed by atoms with E-state index in [0.717, 1.165) is 16.6 Å². The quantitative estimate of drug-likeness (QED) is 0.901. The Morgan fingerprint density at radius 3 is 2.35 bits per heavy atom. The van der Waals surface area contributed by atoms with Crippen molar-refractivity contribution in [3.05, 3.63) is 29.4 Å². The highest BCUT2D eigenvalue weighted by atomic mass is 35.5. The van der Waals surface area contributed by atoms with E-state index in [4.69, 9.17) is 11.6 Å². The van der Waals surface area contributed by atoms with E-state index in [-0.39, 0.29) is 0 Å². The Morgan fingerprint density at radius 1 is 1.06 bits per heavy atom. The van der Waals surface area contributed by atoms with Gasteiger partial charge in [0.15, 0.2) is 11.0 Å². The lowest BCUT2D eigenvalue weighted by atomic mass is 10.1. The summed E-state index contributed by atoms with van der Waals surface area (Å²) in [6.07, 6.45) is 0. The lowest BCUT2D eigenvalue weighted by Crippen LogP contribution is -2.22. The number of fused-ring (bicyclic) bond motifs is 1. The van der Waals surface area contributed by atoms with Gasteiger partial charge in [-0.15, -0.1) is 10.2 Å². The highest BCUT2D eigenvalue weighted by Gasteiger charge is 2.11. The molecular formula is C13H16ClN3. The molecular weight excluding hydrogens is 234 g/mol. The topological polar surface area (TPSA) is 37.8 Å². The van der Waals surface area contributed by atoms with Gasteiger partial charge in [-0.2, -0.15) is 0 Å². The molecule has 0 saturated carbocycles. The number of aromatic nitrogens is 2. The molecule has 90 valence electrons. The Labute approximate surface area is 106 Å². The molecule has 0 aliphatic heterocycles. The van der Waals surface area contributed by atoms with Crippen LogP contribution in [0.5, 0.6) is 0 Å². The molecule has 1 aromatic carbocycles. The van der Waals surface area contributed by atoms with Crippen LogP contribution in [0, 0.1) is 5.92 Å². The fourth-order valence-corrected chi connectivity index (χ4v) is 1.76. The van der Waals surface area contributed by atoms with Crippen LogP contribution in [0.1, 0.15) is 20.8 Å². The van der Waals surface area contributed by atoms with Gasteiger partial charge in [-0.1, -0.05) is 49.7 Å². The first-order valence-corrected chi connectivity index (χ1v) is 6.15. The Balaban J connectivity index is 2.45. The third-order valence-corrected chi connectivity index (χ3v) is 3.29. The molecule has 2 rings (SSSR count). The van der Waals surface area contributed by atoms with Crippen LogP contribution in [0.4, 0.5) is 5.82 Å². The maximum Gasteiger partial charge on any atom is 0.159 e. The van der Waals surface area contributed by atoms with E-state index in [1.807, 2.05) is 24.3 Å². The van der Waals surface area contributed by atoms with E-state index in [0.29, 0.717) is 17.1 Å². The number of anilines is 1. The summed E-state index contributed by atoms with van der Waals surface area (Å²) >= 11 is 6.03. The van der Waals surface area contributed by atoms with Crippen molar-refractivity contribution in [1.82, 2.24) is 10.2 Å². The first-order chi connectivity index (χ1) is 8.09. The molecule has 0 saturated heterocycles. The zero-order chi connectivity index (χ0) is 12.4. The van der Waals surface area contributed by atoms with E-state index in [9.17, 15) is 0 Å². The zero-order valence-corrected chi connectivity index (χ0v) is 11.0. The maximum absolute atomic E-state index is 6.03. The molecule has 0 fully saturated rings. The molecule has 1 heterocycles. The van der Waals surface area contributed by atoms with Crippen molar-refractivity contribution >= 4 is 28.2 Å². The average Bonchev–Trinajstić information content (AvgIpc) is 2.33. The van der Waals surface area contributed by atoms with Crippen LogP contribution < -0.4 is 5.32 Å². The van der Waals surface area contributed by atoms with Crippen molar-refractivity contribution in [2.75, 3.05) is 5.32 Å². The summed E-state index contributed by atoms with van der Waals surface area (Å²) in [5, 5.41) is 13.9. The van der Waals surface area contributed by atoms with E-state index >= 15 is 0 Å². The molecule has 0 aliphatic rings. The molecule has 0 bridgehead atoms. The zero-order valence-electron chi connectivity index (χ0n) is 10.2. The van der Waals surface area contributed by atoms with Crippen LogP contribution in [0.2, 0.25) is 5.15 Å². The standard InChI is InChI=1S/C13H16ClN3/c1-8(2)9(3)15-13-11-7-5-4-6-10(11)12(14)16-17-13/h4-9H,1-3H3,(H,15,17). The monoisotopic (exact) mass is 249 g/mol. The van der Waals surface area contributed by atoms with Gasteiger partial charge in [-0.3, -0.25) is 0 Å². The van der Waals surface area contributed by atoms with Crippen LogP contribution in [0.25, 0.3) is 10.8 Å². The maximum atomic E-state index is 6.03. The third-order valence-electron chi connectivity index (χ3n) is 3.01. The number of nitrogens with one attached hydrogen (secondary N) is 1. The van der Waals surface area contributed by atoms with E-state index in [2.05, 4.69) is 36.3 Å². The van der Waals surface area contributed by atoms with Crippen LogP contribution in [0.3, 0.4) is 0 Å². The predicted molar refractivity (Wildman–Crippen MR) is 72.5 cm³/mol. The minimum absolute atomic E-state index is 0.342. The van der Waals surface area contributed by atoms with Gasteiger partial charge in [0.2, 0.25) is 0 Å². The summed E-state index contributed by atoms with van der Waals surface area (Å²) in [6, 6.07) is 8.23. The van der Waals surface area contributed by atoms with Crippen molar-refractivity contribution < 1.29 is 0 Å². The van der Waals surface area contributed by atoms with E-state index < -0.39 is 0 Å². The SMILES string of the molecule is CC(C)C(C)Nc1nnc(Cl)c2ccccc12. The lowest BCUT2D eigenvalue weighted by molar-refractivity contribution is 0.558. The van der Waals surface area contributed by atoms with Crippen LogP contribution in [0.15, 0.2) is 24.3 Å². The number of rotatable bonds is 3. The summed E-state index contributed by atoms with van der Waals surface area (Å²) in [7, 11) is 0. The largest absolute Gasteiger partial charge is 0.365 e. The highest BCUT2D eigenvalue weighted by Crippen LogP contribution is 2.26. The number of nitrogens with zero attached hydrogens (tertiary/aromatic N) is 2. The Hall–Kier alpha value is -1.35. The summed E-state index contributed by atoms with van der Waals surface area (Å²) in [6.45, 7) is 6.47. The second-order valence-corrected chi connectivity index (χ2v) is 4.92. The van der Waals surface area contributed by atoms with E-state index in [1.165, 1.54) is 0 Å². The summed E-state index contributed by atoms with van der Waals surface area (Å²) in [4.78, 5) is 0. The number of halogens is 1.